The first-order valence-corrected chi connectivity index (χ1v) is 6.70. The van der Waals surface area contributed by atoms with Crippen LogP contribution in [0.4, 0.5) is 10.5 Å². The lowest BCUT2D eigenvalue weighted by molar-refractivity contribution is 0.251. The Bertz CT molecular complexity index is 400. The van der Waals surface area contributed by atoms with Crippen LogP contribution in [0.2, 0.25) is 0 Å². The molecule has 0 saturated carbocycles. The Morgan fingerprint density at radius 1 is 1.42 bits per heavy atom. The van der Waals surface area contributed by atoms with E-state index < -0.39 is 0 Å². The maximum absolute atomic E-state index is 11.7. The van der Waals surface area contributed by atoms with Crippen molar-refractivity contribution in [2.45, 2.75) is 25.3 Å². The highest BCUT2D eigenvalue weighted by atomic mass is 16.5. The van der Waals surface area contributed by atoms with E-state index in [0.29, 0.717) is 12.6 Å². The van der Waals surface area contributed by atoms with Crippen molar-refractivity contribution in [3.63, 3.8) is 0 Å². The first-order chi connectivity index (χ1) is 9.28. The Morgan fingerprint density at radius 2 is 2.21 bits per heavy atom. The number of carbonyl (C=O) groups is 1. The van der Waals surface area contributed by atoms with Crippen molar-refractivity contribution >= 4 is 11.7 Å². The lowest BCUT2D eigenvalue weighted by atomic mass is 10.1. The molecule has 0 aliphatic carbocycles. The molecular formula is C14H21N3O2. The maximum atomic E-state index is 11.7. The van der Waals surface area contributed by atoms with Crippen molar-refractivity contribution in [1.29, 1.82) is 0 Å². The summed E-state index contributed by atoms with van der Waals surface area (Å²) in [4.78, 5) is 11.7. The van der Waals surface area contributed by atoms with Gasteiger partial charge >= 0.3 is 6.03 Å². The van der Waals surface area contributed by atoms with Gasteiger partial charge in [0.05, 0.1) is 7.11 Å². The van der Waals surface area contributed by atoms with Gasteiger partial charge in [0.2, 0.25) is 0 Å². The topological polar surface area (TPSA) is 62.4 Å². The minimum Gasteiger partial charge on any atom is -0.497 e. The minimum atomic E-state index is -0.164. The molecule has 1 saturated heterocycles. The molecule has 0 spiro atoms. The lowest BCUT2D eigenvalue weighted by Gasteiger charge is -2.11. The van der Waals surface area contributed by atoms with E-state index in [2.05, 4.69) is 16.0 Å². The molecule has 0 radical (unpaired) electrons. The van der Waals surface area contributed by atoms with Crippen LogP contribution in [0.5, 0.6) is 5.75 Å². The Kier molecular flexibility index (Phi) is 5.03. The highest BCUT2D eigenvalue weighted by Gasteiger charge is 2.13. The van der Waals surface area contributed by atoms with E-state index in [1.165, 1.54) is 12.8 Å². The number of carbonyl (C=O) groups excluding carboxylic acids is 1. The second-order valence-electron chi connectivity index (χ2n) is 4.69. The molecule has 1 aliphatic rings. The number of rotatable bonds is 5. The Labute approximate surface area is 113 Å². The average molecular weight is 263 g/mol. The highest BCUT2D eigenvalue weighted by Crippen LogP contribution is 2.14. The van der Waals surface area contributed by atoms with Gasteiger partial charge in [-0.3, -0.25) is 0 Å². The van der Waals surface area contributed by atoms with Crippen molar-refractivity contribution in [3.8, 4) is 5.75 Å². The molecule has 2 rings (SSSR count). The standard InChI is InChI=1S/C14H21N3O2/c1-19-13-6-4-12(5-7-13)17-14(18)16-10-8-11-3-2-9-15-11/h4-7,11,15H,2-3,8-10H2,1H3,(H2,16,17,18)/t11-/m1/s1. The predicted molar refractivity (Wildman–Crippen MR) is 75.7 cm³/mol. The zero-order valence-electron chi connectivity index (χ0n) is 11.2. The van der Waals surface area contributed by atoms with Crippen LogP contribution >= 0.6 is 0 Å². The molecule has 5 heteroatoms. The number of nitrogens with one attached hydrogen (secondary N) is 3. The second kappa shape index (κ2) is 6.99. The molecule has 1 heterocycles. The van der Waals surface area contributed by atoms with Gasteiger partial charge in [-0.05, 0) is 50.1 Å². The summed E-state index contributed by atoms with van der Waals surface area (Å²) in [6.07, 6.45) is 3.43. The third-order valence-corrected chi connectivity index (χ3v) is 3.29. The van der Waals surface area contributed by atoms with E-state index in [1.807, 2.05) is 24.3 Å². The number of methoxy groups -OCH3 is 1. The average Bonchev–Trinajstić information content (AvgIpc) is 2.93. The van der Waals surface area contributed by atoms with E-state index in [9.17, 15) is 4.79 Å². The summed E-state index contributed by atoms with van der Waals surface area (Å²) in [6, 6.07) is 7.66. The molecule has 104 valence electrons. The van der Waals surface area contributed by atoms with Crippen LogP contribution in [0.25, 0.3) is 0 Å². The molecule has 19 heavy (non-hydrogen) atoms. The van der Waals surface area contributed by atoms with E-state index in [0.717, 1.165) is 24.4 Å². The summed E-state index contributed by atoms with van der Waals surface area (Å²) in [5.74, 6) is 0.776. The van der Waals surface area contributed by atoms with Gasteiger partial charge in [0.15, 0.2) is 0 Å². The van der Waals surface area contributed by atoms with Crippen molar-refractivity contribution in [1.82, 2.24) is 10.6 Å². The molecule has 1 fully saturated rings. The summed E-state index contributed by atoms with van der Waals surface area (Å²) in [6.45, 7) is 1.79. The van der Waals surface area contributed by atoms with Gasteiger partial charge in [-0.1, -0.05) is 0 Å². The quantitative estimate of drug-likeness (QED) is 0.761. The van der Waals surface area contributed by atoms with Crippen LogP contribution in [0.15, 0.2) is 24.3 Å². The van der Waals surface area contributed by atoms with Crippen LogP contribution in [0, 0.1) is 0 Å². The van der Waals surface area contributed by atoms with E-state index in [-0.39, 0.29) is 6.03 Å². The fourth-order valence-corrected chi connectivity index (χ4v) is 2.21. The van der Waals surface area contributed by atoms with Crippen molar-refractivity contribution in [2.75, 3.05) is 25.5 Å². The van der Waals surface area contributed by atoms with Gasteiger partial charge in [0.1, 0.15) is 5.75 Å². The first kappa shape index (κ1) is 13.7. The minimum absolute atomic E-state index is 0.164. The smallest absolute Gasteiger partial charge is 0.319 e. The van der Waals surface area contributed by atoms with Gasteiger partial charge in [-0.25, -0.2) is 4.79 Å². The number of hydrogen-bond acceptors (Lipinski definition) is 3. The molecule has 1 aliphatic heterocycles. The Hall–Kier alpha value is -1.75. The molecule has 0 bridgehead atoms. The molecule has 0 unspecified atom stereocenters. The van der Waals surface area contributed by atoms with Crippen LogP contribution in [-0.2, 0) is 0 Å². The van der Waals surface area contributed by atoms with Gasteiger partial charge < -0.3 is 20.7 Å². The van der Waals surface area contributed by atoms with Crippen LogP contribution in [0.1, 0.15) is 19.3 Å². The second-order valence-corrected chi connectivity index (χ2v) is 4.69. The number of urea groups is 1. The van der Waals surface area contributed by atoms with E-state index >= 15 is 0 Å². The zero-order chi connectivity index (χ0) is 13.5. The fourth-order valence-electron chi connectivity index (χ4n) is 2.21. The van der Waals surface area contributed by atoms with E-state index in [4.69, 9.17) is 4.74 Å². The van der Waals surface area contributed by atoms with Crippen molar-refractivity contribution in [3.05, 3.63) is 24.3 Å². The van der Waals surface area contributed by atoms with Crippen LogP contribution in [0.3, 0.4) is 0 Å². The third-order valence-electron chi connectivity index (χ3n) is 3.29. The summed E-state index contributed by atoms with van der Waals surface area (Å²) in [5, 5.41) is 9.07. The molecular weight excluding hydrogens is 242 g/mol. The number of ether oxygens (including phenoxy) is 1. The Balaban J connectivity index is 1.68. The number of hydrogen-bond donors (Lipinski definition) is 3. The maximum Gasteiger partial charge on any atom is 0.319 e. The summed E-state index contributed by atoms with van der Waals surface area (Å²) in [5.41, 5.74) is 0.761. The zero-order valence-corrected chi connectivity index (χ0v) is 11.2. The van der Waals surface area contributed by atoms with Gasteiger partial charge in [-0.15, -0.1) is 0 Å². The van der Waals surface area contributed by atoms with Gasteiger partial charge in [0.25, 0.3) is 0 Å². The first-order valence-electron chi connectivity index (χ1n) is 6.70. The number of benzene rings is 1. The van der Waals surface area contributed by atoms with Crippen molar-refractivity contribution in [2.24, 2.45) is 0 Å². The molecule has 1 atom stereocenters. The Morgan fingerprint density at radius 3 is 2.84 bits per heavy atom. The SMILES string of the molecule is COc1ccc(NC(=O)NCC[C@H]2CCCN2)cc1. The summed E-state index contributed by atoms with van der Waals surface area (Å²) >= 11 is 0. The van der Waals surface area contributed by atoms with Crippen molar-refractivity contribution < 1.29 is 9.53 Å². The molecule has 2 amide bonds. The molecule has 5 nitrogen and oxygen atoms in total. The predicted octanol–water partition coefficient (Wildman–Crippen LogP) is 1.96. The fraction of sp³-hybridized carbons (Fsp3) is 0.500. The molecule has 0 aromatic heterocycles. The summed E-state index contributed by atoms with van der Waals surface area (Å²) < 4.78 is 5.06. The van der Waals surface area contributed by atoms with E-state index in [1.54, 1.807) is 7.11 Å². The van der Waals surface area contributed by atoms with Gasteiger partial charge in [-0.2, -0.15) is 0 Å². The van der Waals surface area contributed by atoms with Crippen LogP contribution < -0.4 is 20.7 Å². The third kappa shape index (κ3) is 4.44. The monoisotopic (exact) mass is 263 g/mol. The number of anilines is 1. The highest BCUT2D eigenvalue weighted by molar-refractivity contribution is 5.89. The largest absolute Gasteiger partial charge is 0.497 e. The lowest BCUT2D eigenvalue weighted by Crippen LogP contribution is -2.33. The van der Waals surface area contributed by atoms with Gasteiger partial charge in [0, 0.05) is 18.3 Å². The molecule has 3 N–H and O–H groups in total. The molecule has 1 aromatic rings. The summed E-state index contributed by atoms with van der Waals surface area (Å²) in [7, 11) is 1.62. The molecule has 1 aromatic carbocycles. The normalized spacial score (nSPS) is 18.1. The van der Waals surface area contributed by atoms with Crippen LogP contribution in [-0.4, -0.2) is 32.3 Å². The number of amides is 2.